The van der Waals surface area contributed by atoms with Gasteiger partial charge in [0.25, 0.3) is 0 Å². The molecule has 3 nitrogen and oxygen atoms in total. The average molecular weight is 218 g/mol. The van der Waals surface area contributed by atoms with Crippen LogP contribution >= 0.6 is 0 Å². The Kier molecular flexibility index (Phi) is 6.08. The molecule has 14 heavy (non-hydrogen) atoms. The molecular formula is C10H16ClNO2. The number of quaternary nitrogens is 1. The Bertz CT molecular complexity index is 279. The van der Waals surface area contributed by atoms with E-state index in [9.17, 15) is 0 Å². The van der Waals surface area contributed by atoms with E-state index in [0.717, 1.165) is 18.0 Å². The lowest BCUT2D eigenvalue weighted by molar-refractivity contribution is -0.567. The average Bonchev–Trinajstić information content (AvgIpc) is 2.18. The van der Waals surface area contributed by atoms with Gasteiger partial charge in [-0.15, -0.1) is 0 Å². The molecule has 80 valence electrons. The van der Waals surface area contributed by atoms with E-state index in [4.69, 9.17) is 9.47 Å². The number of nitrogens with two attached hydrogens (primary N) is 1. The molecule has 1 aromatic rings. The molecule has 0 bridgehead atoms. The second-order valence-corrected chi connectivity index (χ2v) is 2.73. The van der Waals surface area contributed by atoms with E-state index in [1.165, 1.54) is 5.69 Å². The van der Waals surface area contributed by atoms with Crippen molar-refractivity contribution in [3.8, 4) is 11.5 Å². The van der Waals surface area contributed by atoms with E-state index in [1.54, 1.807) is 14.2 Å². The van der Waals surface area contributed by atoms with Crippen molar-refractivity contribution in [3.63, 3.8) is 0 Å². The smallest absolute Gasteiger partial charge is 0.166 e. The van der Waals surface area contributed by atoms with Crippen molar-refractivity contribution in [3.05, 3.63) is 18.2 Å². The van der Waals surface area contributed by atoms with Gasteiger partial charge in [-0.3, -0.25) is 0 Å². The highest BCUT2D eigenvalue weighted by Crippen LogP contribution is 2.27. The Morgan fingerprint density at radius 1 is 1.14 bits per heavy atom. The Labute approximate surface area is 90.8 Å². The van der Waals surface area contributed by atoms with Crippen LogP contribution < -0.4 is 27.2 Å². The summed E-state index contributed by atoms with van der Waals surface area (Å²) >= 11 is 0. The normalized spacial score (nSPS) is 9.07. The predicted octanol–water partition coefficient (Wildman–Crippen LogP) is -2.08. The molecule has 2 N–H and O–H groups in total. The van der Waals surface area contributed by atoms with E-state index >= 15 is 0 Å². The van der Waals surface area contributed by atoms with Crippen LogP contribution in [0.25, 0.3) is 0 Å². The molecule has 0 unspecified atom stereocenters. The molecule has 0 aliphatic heterocycles. The Hall–Kier alpha value is -0.930. The summed E-state index contributed by atoms with van der Waals surface area (Å²) in [6.07, 6.45) is 0. The van der Waals surface area contributed by atoms with Crippen LogP contribution in [0.5, 0.6) is 11.5 Å². The molecule has 0 saturated heterocycles. The monoisotopic (exact) mass is 217 g/mol. The number of hydrogen-bond acceptors (Lipinski definition) is 2. The Morgan fingerprint density at radius 2 is 1.79 bits per heavy atom. The van der Waals surface area contributed by atoms with Gasteiger partial charge in [0, 0.05) is 12.1 Å². The summed E-state index contributed by atoms with van der Waals surface area (Å²) in [5.41, 5.74) is 1.17. The number of hydrogen-bond donors (Lipinski definition) is 1. The van der Waals surface area contributed by atoms with Gasteiger partial charge in [0.1, 0.15) is 5.69 Å². The molecule has 0 atom stereocenters. The van der Waals surface area contributed by atoms with Crippen LogP contribution in [0, 0.1) is 0 Å². The van der Waals surface area contributed by atoms with E-state index in [1.807, 2.05) is 18.2 Å². The number of benzene rings is 1. The van der Waals surface area contributed by atoms with Crippen LogP contribution in [-0.2, 0) is 0 Å². The Morgan fingerprint density at radius 3 is 2.29 bits per heavy atom. The first kappa shape index (κ1) is 13.1. The maximum atomic E-state index is 5.18. The maximum absolute atomic E-state index is 5.18. The van der Waals surface area contributed by atoms with Crippen molar-refractivity contribution < 1.29 is 27.2 Å². The minimum atomic E-state index is 0. The van der Waals surface area contributed by atoms with Crippen molar-refractivity contribution in [1.29, 1.82) is 0 Å². The van der Waals surface area contributed by atoms with Crippen molar-refractivity contribution >= 4 is 5.69 Å². The number of methoxy groups -OCH3 is 2. The minimum Gasteiger partial charge on any atom is -1.00 e. The second-order valence-electron chi connectivity index (χ2n) is 2.73. The van der Waals surface area contributed by atoms with E-state index < -0.39 is 0 Å². The molecule has 0 spiro atoms. The minimum absolute atomic E-state index is 0. The molecule has 1 aromatic carbocycles. The van der Waals surface area contributed by atoms with Gasteiger partial charge in [0.05, 0.1) is 20.8 Å². The van der Waals surface area contributed by atoms with E-state index in [0.29, 0.717) is 0 Å². The summed E-state index contributed by atoms with van der Waals surface area (Å²) < 4.78 is 10.3. The van der Waals surface area contributed by atoms with Gasteiger partial charge in [0.2, 0.25) is 0 Å². The molecule has 0 amide bonds. The van der Waals surface area contributed by atoms with Crippen LogP contribution in [0.4, 0.5) is 5.69 Å². The van der Waals surface area contributed by atoms with Gasteiger partial charge < -0.3 is 27.2 Å². The van der Waals surface area contributed by atoms with Crippen molar-refractivity contribution in [1.82, 2.24) is 0 Å². The van der Waals surface area contributed by atoms with Crippen molar-refractivity contribution in [2.75, 3.05) is 20.8 Å². The fourth-order valence-electron chi connectivity index (χ4n) is 1.22. The lowest BCUT2D eigenvalue weighted by Crippen LogP contribution is -3.00. The van der Waals surface area contributed by atoms with Gasteiger partial charge in [-0.25, -0.2) is 0 Å². The third kappa shape index (κ3) is 3.09. The molecule has 0 fully saturated rings. The summed E-state index contributed by atoms with van der Waals surface area (Å²) in [6.45, 7) is 3.13. The molecule has 4 heteroatoms. The summed E-state index contributed by atoms with van der Waals surface area (Å²) in [5.74, 6) is 1.56. The highest BCUT2D eigenvalue weighted by molar-refractivity contribution is 5.47. The maximum Gasteiger partial charge on any atom is 0.166 e. The van der Waals surface area contributed by atoms with Crippen molar-refractivity contribution in [2.45, 2.75) is 6.92 Å². The van der Waals surface area contributed by atoms with Crippen LogP contribution in [0.15, 0.2) is 18.2 Å². The summed E-state index contributed by atoms with van der Waals surface area (Å²) in [7, 11) is 3.29. The van der Waals surface area contributed by atoms with Gasteiger partial charge in [-0.2, -0.15) is 0 Å². The zero-order chi connectivity index (χ0) is 9.68. The van der Waals surface area contributed by atoms with Gasteiger partial charge in [-0.1, -0.05) is 0 Å². The largest absolute Gasteiger partial charge is 1.00 e. The zero-order valence-electron chi connectivity index (χ0n) is 8.71. The fraction of sp³-hybridized carbons (Fsp3) is 0.400. The van der Waals surface area contributed by atoms with Crippen LogP contribution in [-0.4, -0.2) is 20.8 Å². The fourth-order valence-corrected chi connectivity index (χ4v) is 1.22. The third-order valence-electron chi connectivity index (χ3n) is 1.85. The molecule has 0 saturated carbocycles. The van der Waals surface area contributed by atoms with Crippen LogP contribution in [0.1, 0.15) is 6.92 Å². The summed E-state index contributed by atoms with van der Waals surface area (Å²) in [6, 6.07) is 5.91. The first-order valence-corrected chi connectivity index (χ1v) is 4.37. The first-order chi connectivity index (χ1) is 6.31. The lowest BCUT2D eigenvalue weighted by atomic mass is 10.2. The lowest BCUT2D eigenvalue weighted by Gasteiger charge is -2.07. The van der Waals surface area contributed by atoms with Crippen LogP contribution in [0.3, 0.4) is 0 Å². The first-order valence-electron chi connectivity index (χ1n) is 4.37. The molecule has 0 aromatic heterocycles. The van der Waals surface area contributed by atoms with E-state index in [2.05, 4.69) is 12.2 Å². The Balaban J connectivity index is 0.00000169. The highest BCUT2D eigenvalue weighted by atomic mass is 35.5. The van der Waals surface area contributed by atoms with E-state index in [-0.39, 0.29) is 12.4 Å². The summed E-state index contributed by atoms with van der Waals surface area (Å²) in [4.78, 5) is 0. The number of rotatable bonds is 4. The zero-order valence-corrected chi connectivity index (χ0v) is 9.47. The van der Waals surface area contributed by atoms with Crippen LogP contribution in [0.2, 0.25) is 0 Å². The number of ether oxygens (including phenoxy) is 2. The third-order valence-corrected chi connectivity index (χ3v) is 1.85. The quantitative estimate of drug-likeness (QED) is 0.588. The topological polar surface area (TPSA) is 35.1 Å². The molecule has 0 radical (unpaired) electrons. The number of halogens is 1. The molecule has 0 aliphatic carbocycles. The second kappa shape index (κ2) is 6.51. The SMILES string of the molecule is CC[NH2+]c1ccc(OC)c(OC)c1.[Cl-]. The predicted molar refractivity (Wildman–Crippen MR) is 51.7 cm³/mol. The highest BCUT2D eigenvalue weighted by Gasteiger charge is 2.05. The standard InChI is InChI=1S/C10H15NO2.ClH/c1-4-11-8-5-6-9(12-2)10(7-8)13-3;/h5-7,11H,4H2,1-3H3;1H. The van der Waals surface area contributed by atoms with Gasteiger partial charge >= 0.3 is 0 Å². The molecular weight excluding hydrogens is 202 g/mol. The van der Waals surface area contributed by atoms with Gasteiger partial charge in [0.15, 0.2) is 11.5 Å². The molecule has 0 aliphatic rings. The van der Waals surface area contributed by atoms with Gasteiger partial charge in [-0.05, 0) is 13.0 Å². The molecule has 1 rings (SSSR count). The molecule has 0 heterocycles. The van der Waals surface area contributed by atoms with Crippen molar-refractivity contribution in [2.24, 2.45) is 0 Å². The summed E-state index contributed by atoms with van der Waals surface area (Å²) in [5, 5.41) is 2.14.